The van der Waals surface area contributed by atoms with Crippen LogP contribution in [0.15, 0.2) is 34.9 Å². The first-order valence-corrected chi connectivity index (χ1v) is 5.46. The van der Waals surface area contributed by atoms with E-state index in [0.717, 1.165) is 6.07 Å². The van der Waals surface area contributed by atoms with Crippen LogP contribution in [-0.4, -0.2) is 20.9 Å². The molecule has 20 heavy (non-hydrogen) atoms. The molecule has 102 valence electrons. The highest BCUT2D eigenvalue weighted by Gasteiger charge is 2.35. The van der Waals surface area contributed by atoms with E-state index in [1.54, 1.807) is 6.07 Å². The number of rotatable bonds is 2. The third-order valence-electron chi connectivity index (χ3n) is 2.63. The van der Waals surface area contributed by atoms with Crippen LogP contribution in [0.2, 0.25) is 0 Å². The monoisotopic (exact) mass is 281 g/mol. The molecular weight excluding hydrogens is 275 g/mol. The van der Waals surface area contributed by atoms with Crippen LogP contribution in [0.1, 0.15) is 16.2 Å². The third kappa shape index (κ3) is 1.94. The molecule has 3 rings (SSSR count). The van der Waals surface area contributed by atoms with E-state index in [0.29, 0.717) is 10.8 Å². The van der Waals surface area contributed by atoms with Gasteiger partial charge in [-0.2, -0.15) is 18.3 Å². The molecule has 3 aromatic heterocycles. The van der Waals surface area contributed by atoms with Crippen molar-refractivity contribution in [3.8, 4) is 11.5 Å². The lowest BCUT2D eigenvalue weighted by Crippen LogP contribution is -2.13. The number of carbonyl (C=O) groups is 1. The van der Waals surface area contributed by atoms with E-state index in [1.807, 2.05) is 0 Å². The van der Waals surface area contributed by atoms with E-state index in [4.69, 9.17) is 4.42 Å². The maximum Gasteiger partial charge on any atom is 0.433 e. The number of aromatic nitrogens is 3. The van der Waals surface area contributed by atoms with Crippen molar-refractivity contribution in [3.63, 3.8) is 0 Å². The van der Waals surface area contributed by atoms with Gasteiger partial charge in [0.15, 0.2) is 23.4 Å². The molecule has 0 aliphatic heterocycles. The molecule has 0 amide bonds. The fourth-order valence-corrected chi connectivity index (χ4v) is 1.80. The van der Waals surface area contributed by atoms with E-state index < -0.39 is 11.9 Å². The van der Waals surface area contributed by atoms with Gasteiger partial charge < -0.3 is 4.42 Å². The Labute approximate surface area is 109 Å². The highest BCUT2D eigenvalue weighted by molar-refractivity contribution is 5.74. The molecule has 3 aromatic rings. The zero-order valence-corrected chi connectivity index (χ0v) is 9.76. The van der Waals surface area contributed by atoms with Gasteiger partial charge in [-0.1, -0.05) is 0 Å². The Hall–Kier alpha value is -2.64. The Balaban J connectivity index is 2.33. The summed E-state index contributed by atoms with van der Waals surface area (Å²) in [7, 11) is 0. The zero-order chi connectivity index (χ0) is 14.3. The summed E-state index contributed by atoms with van der Waals surface area (Å²) in [5.74, 6) is 0.201. The number of alkyl halides is 3. The van der Waals surface area contributed by atoms with Crippen molar-refractivity contribution in [1.82, 2.24) is 14.6 Å². The molecule has 3 heterocycles. The molecule has 0 saturated carbocycles. The quantitative estimate of drug-likeness (QED) is 0.678. The van der Waals surface area contributed by atoms with E-state index in [1.165, 1.54) is 18.4 Å². The fraction of sp³-hybridized carbons (Fsp3) is 0.0833. The van der Waals surface area contributed by atoms with Crippen molar-refractivity contribution >= 4 is 11.9 Å². The largest absolute Gasteiger partial charge is 0.463 e. The standard InChI is InChI=1S/C12H6F3N3O2/c13-12(14,15)10-5-8(9-2-1-3-20-9)16-11-4-7(6-19)17-18(10)11/h1-6H. The lowest BCUT2D eigenvalue weighted by atomic mass is 10.2. The minimum absolute atomic E-state index is 0.0205. The molecule has 0 bridgehead atoms. The van der Waals surface area contributed by atoms with Gasteiger partial charge in [0.2, 0.25) is 0 Å². The number of hydrogen-bond acceptors (Lipinski definition) is 4. The molecule has 0 aliphatic rings. The van der Waals surface area contributed by atoms with Gasteiger partial charge in [-0.25, -0.2) is 9.50 Å². The van der Waals surface area contributed by atoms with Crippen LogP contribution in [0.5, 0.6) is 0 Å². The zero-order valence-electron chi connectivity index (χ0n) is 9.76. The Morgan fingerprint density at radius 1 is 1.30 bits per heavy atom. The van der Waals surface area contributed by atoms with Crippen molar-refractivity contribution in [2.45, 2.75) is 6.18 Å². The number of aldehydes is 1. The number of hydrogen-bond donors (Lipinski definition) is 0. The average Bonchev–Trinajstić information content (AvgIpc) is 3.04. The van der Waals surface area contributed by atoms with Gasteiger partial charge in [-0.05, 0) is 18.2 Å². The molecule has 0 atom stereocenters. The summed E-state index contributed by atoms with van der Waals surface area (Å²) in [6.45, 7) is 0. The number of nitrogens with zero attached hydrogens (tertiary/aromatic N) is 3. The van der Waals surface area contributed by atoms with Gasteiger partial charge >= 0.3 is 6.18 Å². The second-order valence-corrected chi connectivity index (χ2v) is 3.96. The predicted molar refractivity (Wildman–Crippen MR) is 61.1 cm³/mol. The molecule has 0 fully saturated rings. The smallest absolute Gasteiger partial charge is 0.433 e. The third-order valence-corrected chi connectivity index (χ3v) is 2.63. The Kier molecular flexibility index (Phi) is 2.60. The number of carbonyl (C=O) groups excluding carboxylic acids is 1. The second-order valence-electron chi connectivity index (χ2n) is 3.96. The summed E-state index contributed by atoms with van der Waals surface area (Å²) < 4.78 is 44.8. The van der Waals surface area contributed by atoms with Crippen LogP contribution >= 0.6 is 0 Å². The van der Waals surface area contributed by atoms with Crippen LogP contribution in [0.4, 0.5) is 13.2 Å². The lowest BCUT2D eigenvalue weighted by Gasteiger charge is -2.09. The topological polar surface area (TPSA) is 60.4 Å². The van der Waals surface area contributed by atoms with E-state index in [-0.39, 0.29) is 22.8 Å². The van der Waals surface area contributed by atoms with E-state index in [9.17, 15) is 18.0 Å². The number of furan rings is 1. The van der Waals surface area contributed by atoms with E-state index >= 15 is 0 Å². The predicted octanol–water partition coefficient (Wildman–Crippen LogP) is 2.82. The molecule has 5 nitrogen and oxygen atoms in total. The molecule has 0 saturated heterocycles. The Morgan fingerprint density at radius 2 is 2.10 bits per heavy atom. The normalized spacial score (nSPS) is 11.9. The lowest BCUT2D eigenvalue weighted by molar-refractivity contribution is -0.142. The fourth-order valence-electron chi connectivity index (χ4n) is 1.80. The molecular formula is C12H6F3N3O2. The van der Waals surface area contributed by atoms with Crippen molar-refractivity contribution in [3.05, 3.63) is 41.9 Å². The number of fused-ring (bicyclic) bond motifs is 1. The van der Waals surface area contributed by atoms with Gasteiger partial charge in [-0.3, -0.25) is 4.79 Å². The Bertz CT molecular complexity index is 775. The van der Waals surface area contributed by atoms with Crippen LogP contribution in [0.3, 0.4) is 0 Å². The number of halogens is 3. The van der Waals surface area contributed by atoms with Crippen LogP contribution in [-0.2, 0) is 6.18 Å². The molecule has 0 aromatic carbocycles. The van der Waals surface area contributed by atoms with Crippen LogP contribution in [0.25, 0.3) is 17.1 Å². The molecule has 0 spiro atoms. The van der Waals surface area contributed by atoms with Gasteiger partial charge in [0.1, 0.15) is 11.4 Å². The highest BCUT2D eigenvalue weighted by Crippen LogP contribution is 2.32. The minimum atomic E-state index is -4.63. The second kappa shape index (κ2) is 4.19. The summed E-state index contributed by atoms with van der Waals surface area (Å²) in [4.78, 5) is 14.7. The summed E-state index contributed by atoms with van der Waals surface area (Å²) in [5, 5.41) is 3.56. The molecule has 0 unspecified atom stereocenters. The SMILES string of the molecule is O=Cc1cc2nc(-c3ccco3)cc(C(F)(F)F)n2n1. The highest BCUT2D eigenvalue weighted by atomic mass is 19.4. The molecule has 0 radical (unpaired) electrons. The molecule has 0 N–H and O–H groups in total. The summed E-state index contributed by atoms with van der Waals surface area (Å²) >= 11 is 0. The summed E-state index contributed by atoms with van der Waals surface area (Å²) in [5.41, 5.74) is -1.21. The van der Waals surface area contributed by atoms with Crippen molar-refractivity contribution in [2.24, 2.45) is 0 Å². The van der Waals surface area contributed by atoms with Gasteiger partial charge in [0, 0.05) is 6.07 Å². The minimum Gasteiger partial charge on any atom is -0.463 e. The van der Waals surface area contributed by atoms with Crippen LogP contribution in [0, 0.1) is 0 Å². The van der Waals surface area contributed by atoms with Crippen molar-refractivity contribution < 1.29 is 22.4 Å². The Morgan fingerprint density at radius 3 is 2.70 bits per heavy atom. The first-order valence-electron chi connectivity index (χ1n) is 5.46. The molecule has 0 aliphatic carbocycles. The first-order chi connectivity index (χ1) is 9.49. The van der Waals surface area contributed by atoms with E-state index in [2.05, 4.69) is 10.1 Å². The summed E-state index contributed by atoms with van der Waals surface area (Å²) in [6, 6.07) is 5.04. The van der Waals surface area contributed by atoms with Crippen molar-refractivity contribution in [1.29, 1.82) is 0 Å². The van der Waals surface area contributed by atoms with Gasteiger partial charge in [0.05, 0.1) is 6.26 Å². The maximum absolute atomic E-state index is 13.0. The molecule has 8 heteroatoms. The first kappa shape index (κ1) is 12.4. The maximum atomic E-state index is 13.0. The van der Waals surface area contributed by atoms with Gasteiger partial charge in [-0.15, -0.1) is 0 Å². The average molecular weight is 281 g/mol. The van der Waals surface area contributed by atoms with Gasteiger partial charge in [0.25, 0.3) is 0 Å². The van der Waals surface area contributed by atoms with Crippen molar-refractivity contribution in [2.75, 3.05) is 0 Å². The summed E-state index contributed by atoms with van der Waals surface area (Å²) in [6.07, 6.45) is -2.93. The van der Waals surface area contributed by atoms with Crippen LogP contribution < -0.4 is 0 Å².